The number of esters is 1. The lowest BCUT2D eigenvalue weighted by Gasteiger charge is -2.23. The first-order valence-corrected chi connectivity index (χ1v) is 6.06. The van der Waals surface area contributed by atoms with E-state index in [2.05, 4.69) is 40.8 Å². The molecular weight excluding hydrogens is 230 g/mol. The fourth-order valence-corrected chi connectivity index (χ4v) is 1.30. The smallest absolute Gasteiger partial charge is 0.376 e. The fourth-order valence-electron chi connectivity index (χ4n) is 1.30. The molecule has 1 heterocycles. The first-order chi connectivity index (χ1) is 8.38. The number of anilines is 1. The maximum atomic E-state index is 11.4. The van der Waals surface area contributed by atoms with Crippen molar-refractivity contribution in [3.63, 3.8) is 0 Å². The van der Waals surface area contributed by atoms with Crippen LogP contribution in [0.2, 0.25) is 0 Å². The highest BCUT2D eigenvalue weighted by Crippen LogP contribution is 2.20. The molecule has 1 rings (SSSR count). The van der Waals surface area contributed by atoms with E-state index in [1.54, 1.807) is 0 Å². The monoisotopic (exact) mass is 251 g/mol. The maximum absolute atomic E-state index is 11.4. The quantitative estimate of drug-likeness (QED) is 0.814. The van der Waals surface area contributed by atoms with Gasteiger partial charge in [-0.3, -0.25) is 0 Å². The molecule has 0 spiro atoms. The summed E-state index contributed by atoms with van der Waals surface area (Å²) in [5.41, 5.74) is 0.923. The SMILES string of the molecule is CCC(C)(C)CNc1cc(C)nc(C(=O)OC)n1. The molecule has 1 aromatic rings. The summed E-state index contributed by atoms with van der Waals surface area (Å²) in [4.78, 5) is 19.6. The predicted molar refractivity (Wildman–Crippen MR) is 70.7 cm³/mol. The van der Waals surface area contributed by atoms with Crippen LogP contribution in [0.5, 0.6) is 0 Å². The van der Waals surface area contributed by atoms with E-state index in [9.17, 15) is 4.79 Å². The Balaban J connectivity index is 2.84. The predicted octanol–water partition coefficient (Wildman–Crippen LogP) is 2.42. The molecule has 5 heteroatoms. The standard InChI is InChI=1S/C13H21N3O2/c1-6-13(3,4)8-14-10-7-9(2)15-11(16-10)12(17)18-5/h7H,6,8H2,1-5H3,(H,14,15,16). The molecule has 0 aliphatic heterocycles. The van der Waals surface area contributed by atoms with E-state index < -0.39 is 5.97 Å². The van der Waals surface area contributed by atoms with E-state index in [0.29, 0.717) is 5.82 Å². The number of rotatable bonds is 5. The number of aromatic nitrogens is 2. The highest BCUT2D eigenvalue weighted by atomic mass is 16.5. The lowest BCUT2D eigenvalue weighted by molar-refractivity contribution is 0.0586. The zero-order valence-electron chi connectivity index (χ0n) is 11.7. The summed E-state index contributed by atoms with van der Waals surface area (Å²) in [5, 5.41) is 3.24. The summed E-state index contributed by atoms with van der Waals surface area (Å²) < 4.78 is 4.62. The molecule has 0 radical (unpaired) electrons. The third-order valence-corrected chi connectivity index (χ3v) is 2.93. The van der Waals surface area contributed by atoms with Gasteiger partial charge in [0, 0.05) is 18.3 Å². The molecule has 0 fully saturated rings. The third-order valence-electron chi connectivity index (χ3n) is 2.93. The van der Waals surface area contributed by atoms with Crippen LogP contribution in [0, 0.1) is 12.3 Å². The highest BCUT2D eigenvalue weighted by Gasteiger charge is 2.16. The fraction of sp³-hybridized carbons (Fsp3) is 0.615. The molecule has 100 valence electrons. The molecule has 0 unspecified atom stereocenters. The highest BCUT2D eigenvalue weighted by molar-refractivity contribution is 5.85. The molecular formula is C13H21N3O2. The Kier molecular flexibility index (Phi) is 4.64. The van der Waals surface area contributed by atoms with E-state index in [1.807, 2.05) is 13.0 Å². The molecule has 1 aromatic heterocycles. The second-order valence-corrected chi connectivity index (χ2v) is 5.08. The van der Waals surface area contributed by atoms with Crippen LogP contribution in [0.1, 0.15) is 43.5 Å². The van der Waals surface area contributed by atoms with Gasteiger partial charge in [0.05, 0.1) is 7.11 Å². The van der Waals surface area contributed by atoms with Crippen molar-refractivity contribution in [2.45, 2.75) is 34.1 Å². The summed E-state index contributed by atoms with van der Waals surface area (Å²) in [7, 11) is 1.32. The molecule has 0 aromatic carbocycles. The molecule has 0 aliphatic carbocycles. The first kappa shape index (κ1) is 14.4. The van der Waals surface area contributed by atoms with Gasteiger partial charge >= 0.3 is 5.97 Å². The third kappa shape index (κ3) is 3.98. The van der Waals surface area contributed by atoms with Crippen molar-refractivity contribution in [1.29, 1.82) is 0 Å². The molecule has 1 N–H and O–H groups in total. The number of hydrogen-bond donors (Lipinski definition) is 1. The molecule has 0 bridgehead atoms. The summed E-state index contributed by atoms with van der Waals surface area (Å²) in [6.45, 7) is 9.11. The normalized spacial score (nSPS) is 11.2. The summed E-state index contributed by atoms with van der Waals surface area (Å²) in [6.07, 6.45) is 1.06. The number of hydrogen-bond acceptors (Lipinski definition) is 5. The van der Waals surface area contributed by atoms with Gasteiger partial charge in [-0.25, -0.2) is 14.8 Å². The maximum Gasteiger partial charge on any atom is 0.376 e. The van der Waals surface area contributed by atoms with Gasteiger partial charge in [0.2, 0.25) is 5.82 Å². The first-order valence-electron chi connectivity index (χ1n) is 6.06. The summed E-state index contributed by atoms with van der Waals surface area (Å²) in [5.74, 6) is 0.232. The average molecular weight is 251 g/mol. The molecule has 0 amide bonds. The number of aryl methyl sites for hydroxylation is 1. The Morgan fingerprint density at radius 2 is 2.11 bits per heavy atom. The van der Waals surface area contributed by atoms with Gasteiger partial charge in [-0.2, -0.15) is 0 Å². The minimum atomic E-state index is -0.517. The zero-order chi connectivity index (χ0) is 13.8. The second-order valence-electron chi connectivity index (χ2n) is 5.08. The van der Waals surface area contributed by atoms with Gasteiger partial charge in [-0.05, 0) is 18.8 Å². The Labute approximate surface area is 108 Å². The molecule has 0 saturated heterocycles. The topological polar surface area (TPSA) is 64.1 Å². The number of carbonyl (C=O) groups excluding carboxylic acids is 1. The van der Waals surface area contributed by atoms with E-state index in [1.165, 1.54) is 7.11 Å². The molecule has 5 nitrogen and oxygen atoms in total. The van der Waals surface area contributed by atoms with Crippen LogP contribution < -0.4 is 5.32 Å². The van der Waals surface area contributed by atoms with Crippen molar-refractivity contribution in [1.82, 2.24) is 9.97 Å². The van der Waals surface area contributed by atoms with Gasteiger partial charge in [0.15, 0.2) is 0 Å². The van der Waals surface area contributed by atoms with Crippen LogP contribution in [-0.2, 0) is 4.74 Å². The van der Waals surface area contributed by atoms with Crippen molar-refractivity contribution in [2.75, 3.05) is 19.0 Å². The number of nitrogens with one attached hydrogen (secondary N) is 1. The van der Waals surface area contributed by atoms with Crippen LogP contribution in [0.15, 0.2) is 6.07 Å². The Morgan fingerprint density at radius 3 is 2.67 bits per heavy atom. The lowest BCUT2D eigenvalue weighted by atomic mass is 9.90. The van der Waals surface area contributed by atoms with Crippen LogP contribution in [-0.4, -0.2) is 29.6 Å². The van der Waals surface area contributed by atoms with Gasteiger partial charge in [-0.1, -0.05) is 20.8 Å². The Hall–Kier alpha value is -1.65. The Morgan fingerprint density at radius 1 is 1.44 bits per heavy atom. The van der Waals surface area contributed by atoms with E-state index >= 15 is 0 Å². The summed E-state index contributed by atoms with van der Waals surface area (Å²) >= 11 is 0. The van der Waals surface area contributed by atoms with Crippen LogP contribution in [0.25, 0.3) is 0 Å². The molecule has 18 heavy (non-hydrogen) atoms. The van der Waals surface area contributed by atoms with Gasteiger partial charge in [-0.15, -0.1) is 0 Å². The van der Waals surface area contributed by atoms with E-state index in [-0.39, 0.29) is 11.2 Å². The average Bonchev–Trinajstić information content (AvgIpc) is 2.35. The zero-order valence-corrected chi connectivity index (χ0v) is 11.7. The molecule has 0 saturated carbocycles. The van der Waals surface area contributed by atoms with Crippen LogP contribution >= 0.6 is 0 Å². The van der Waals surface area contributed by atoms with Crippen molar-refractivity contribution >= 4 is 11.8 Å². The van der Waals surface area contributed by atoms with E-state index in [0.717, 1.165) is 18.7 Å². The minimum Gasteiger partial charge on any atom is -0.463 e. The van der Waals surface area contributed by atoms with Crippen molar-refractivity contribution in [3.05, 3.63) is 17.6 Å². The number of carbonyl (C=O) groups is 1. The van der Waals surface area contributed by atoms with E-state index in [4.69, 9.17) is 0 Å². The molecule has 0 aliphatic rings. The Bertz CT molecular complexity index is 430. The van der Waals surface area contributed by atoms with Crippen LogP contribution in [0.3, 0.4) is 0 Å². The lowest BCUT2D eigenvalue weighted by Crippen LogP contribution is -2.23. The summed E-state index contributed by atoms with van der Waals surface area (Å²) in [6, 6.07) is 1.82. The number of methoxy groups -OCH3 is 1. The van der Waals surface area contributed by atoms with Crippen molar-refractivity contribution in [2.24, 2.45) is 5.41 Å². The van der Waals surface area contributed by atoms with Gasteiger partial charge < -0.3 is 10.1 Å². The largest absolute Gasteiger partial charge is 0.463 e. The van der Waals surface area contributed by atoms with Gasteiger partial charge in [0.1, 0.15) is 5.82 Å². The second kappa shape index (κ2) is 5.80. The number of nitrogens with zero attached hydrogens (tertiary/aromatic N) is 2. The van der Waals surface area contributed by atoms with Gasteiger partial charge in [0.25, 0.3) is 0 Å². The van der Waals surface area contributed by atoms with Crippen molar-refractivity contribution < 1.29 is 9.53 Å². The van der Waals surface area contributed by atoms with Crippen LogP contribution in [0.4, 0.5) is 5.82 Å². The van der Waals surface area contributed by atoms with Crippen molar-refractivity contribution in [3.8, 4) is 0 Å². The molecule has 0 atom stereocenters. The number of ether oxygens (including phenoxy) is 1. The minimum absolute atomic E-state index is 0.0919.